The quantitative estimate of drug-likeness (QED) is 0.480. The Balaban J connectivity index is 1.74. The first-order valence-electron chi connectivity index (χ1n) is 8.19. The molecule has 2 heterocycles. The van der Waals surface area contributed by atoms with Crippen LogP contribution in [0.4, 0.5) is 5.69 Å². The van der Waals surface area contributed by atoms with Gasteiger partial charge in [-0.05, 0) is 18.4 Å². The summed E-state index contributed by atoms with van der Waals surface area (Å²) in [6.45, 7) is 2.38. The summed E-state index contributed by atoms with van der Waals surface area (Å²) in [6, 6.07) is 6.96. The highest BCUT2D eigenvalue weighted by Crippen LogP contribution is 2.26. The zero-order valence-electron chi connectivity index (χ0n) is 15.1. The molecular weight excluding hydrogens is 386 g/mol. The number of thioether (sulfide) groups is 1. The van der Waals surface area contributed by atoms with Gasteiger partial charge >= 0.3 is 0 Å². The maximum atomic E-state index is 12.5. The molecule has 0 aliphatic rings. The average molecular weight is 406 g/mol. The fraction of sp³-hybridized carbons (Fsp3) is 0.278. The van der Waals surface area contributed by atoms with Crippen LogP contribution in [0.5, 0.6) is 11.5 Å². The van der Waals surface area contributed by atoms with Gasteiger partial charge in [0.25, 0.3) is 5.56 Å². The van der Waals surface area contributed by atoms with E-state index in [9.17, 15) is 9.59 Å². The van der Waals surface area contributed by atoms with Crippen LogP contribution in [-0.4, -0.2) is 35.4 Å². The number of aromatic nitrogens is 2. The highest BCUT2D eigenvalue weighted by molar-refractivity contribution is 7.99. The van der Waals surface area contributed by atoms with Gasteiger partial charge in [-0.15, -0.1) is 11.3 Å². The minimum absolute atomic E-state index is 0.0714. The third-order valence-electron chi connectivity index (χ3n) is 3.81. The number of fused-ring (bicyclic) bond motifs is 1. The van der Waals surface area contributed by atoms with Crippen LogP contribution in [0.25, 0.3) is 10.2 Å². The molecule has 2 aromatic heterocycles. The van der Waals surface area contributed by atoms with Crippen molar-refractivity contribution in [1.29, 1.82) is 0 Å². The number of carbonyl (C=O) groups is 1. The van der Waals surface area contributed by atoms with E-state index in [0.29, 0.717) is 39.1 Å². The monoisotopic (exact) mass is 405 g/mol. The molecule has 0 aliphatic heterocycles. The van der Waals surface area contributed by atoms with E-state index < -0.39 is 0 Å². The van der Waals surface area contributed by atoms with Crippen molar-refractivity contribution in [1.82, 2.24) is 9.55 Å². The molecule has 0 saturated carbocycles. The third-order valence-corrected chi connectivity index (χ3v) is 5.68. The molecule has 1 N–H and O–H groups in total. The van der Waals surface area contributed by atoms with Crippen molar-refractivity contribution < 1.29 is 14.3 Å². The highest BCUT2D eigenvalue weighted by Gasteiger charge is 2.13. The predicted molar refractivity (Wildman–Crippen MR) is 108 cm³/mol. The molecule has 0 saturated heterocycles. The van der Waals surface area contributed by atoms with Crippen LogP contribution >= 0.6 is 23.1 Å². The number of ether oxygens (including phenoxy) is 2. The van der Waals surface area contributed by atoms with Crippen molar-refractivity contribution in [2.75, 3.05) is 25.3 Å². The average Bonchev–Trinajstić information content (AvgIpc) is 3.15. The van der Waals surface area contributed by atoms with Crippen molar-refractivity contribution in [3.8, 4) is 11.5 Å². The zero-order chi connectivity index (χ0) is 19.4. The summed E-state index contributed by atoms with van der Waals surface area (Å²) >= 11 is 2.61. The standard InChI is InChI=1S/C18H19N3O4S2/c1-4-21-17(23)16-14(5-6-26-16)20-18(21)27-10-15(22)19-11-7-12(24-2)9-13(8-11)25-3/h5-9H,4,10H2,1-3H3,(H,19,22). The molecule has 0 unspecified atom stereocenters. The topological polar surface area (TPSA) is 82.5 Å². The summed E-state index contributed by atoms with van der Waals surface area (Å²) in [6.07, 6.45) is 0. The lowest BCUT2D eigenvalue weighted by Crippen LogP contribution is -2.22. The van der Waals surface area contributed by atoms with E-state index >= 15 is 0 Å². The van der Waals surface area contributed by atoms with Crippen LogP contribution in [0.15, 0.2) is 39.6 Å². The van der Waals surface area contributed by atoms with Crippen LogP contribution in [0.3, 0.4) is 0 Å². The molecule has 3 aromatic rings. The Morgan fingerprint density at radius 3 is 2.59 bits per heavy atom. The second-order valence-electron chi connectivity index (χ2n) is 5.52. The first-order valence-corrected chi connectivity index (χ1v) is 10.1. The van der Waals surface area contributed by atoms with Crippen LogP contribution in [0.1, 0.15) is 6.92 Å². The molecule has 0 fully saturated rings. The van der Waals surface area contributed by atoms with Crippen molar-refractivity contribution in [2.45, 2.75) is 18.6 Å². The van der Waals surface area contributed by atoms with E-state index in [1.807, 2.05) is 18.4 Å². The van der Waals surface area contributed by atoms with Gasteiger partial charge in [0.05, 0.1) is 25.5 Å². The Labute approximate surface area is 164 Å². The maximum Gasteiger partial charge on any atom is 0.272 e. The molecule has 0 atom stereocenters. The van der Waals surface area contributed by atoms with Gasteiger partial charge in [-0.1, -0.05) is 11.8 Å². The molecule has 0 aliphatic carbocycles. The largest absolute Gasteiger partial charge is 0.497 e. The van der Waals surface area contributed by atoms with E-state index in [2.05, 4.69) is 10.3 Å². The van der Waals surface area contributed by atoms with E-state index in [1.54, 1.807) is 37.0 Å². The SMILES string of the molecule is CCn1c(SCC(=O)Nc2cc(OC)cc(OC)c2)nc2ccsc2c1=O. The van der Waals surface area contributed by atoms with Gasteiger partial charge in [0.15, 0.2) is 5.16 Å². The van der Waals surface area contributed by atoms with Crippen molar-refractivity contribution in [3.63, 3.8) is 0 Å². The highest BCUT2D eigenvalue weighted by atomic mass is 32.2. The Bertz CT molecular complexity index is 1010. The number of hydrogen-bond donors (Lipinski definition) is 1. The Morgan fingerprint density at radius 2 is 1.96 bits per heavy atom. The Hall–Kier alpha value is -2.52. The number of carbonyl (C=O) groups excluding carboxylic acids is 1. The van der Waals surface area contributed by atoms with Crippen molar-refractivity contribution in [3.05, 3.63) is 40.0 Å². The summed E-state index contributed by atoms with van der Waals surface area (Å²) in [7, 11) is 3.10. The lowest BCUT2D eigenvalue weighted by molar-refractivity contribution is -0.113. The Kier molecular flexibility index (Phi) is 6.02. The van der Waals surface area contributed by atoms with Gasteiger partial charge in [-0.3, -0.25) is 14.2 Å². The van der Waals surface area contributed by atoms with Gasteiger partial charge < -0.3 is 14.8 Å². The van der Waals surface area contributed by atoms with Gasteiger partial charge in [0.1, 0.15) is 16.2 Å². The first-order chi connectivity index (χ1) is 13.0. The zero-order valence-corrected chi connectivity index (χ0v) is 16.8. The van der Waals surface area contributed by atoms with Crippen LogP contribution < -0.4 is 20.3 Å². The molecule has 9 heteroatoms. The smallest absolute Gasteiger partial charge is 0.272 e. The summed E-state index contributed by atoms with van der Waals surface area (Å²) < 4.78 is 12.6. The number of thiophene rings is 1. The molecular formula is C18H19N3O4S2. The van der Waals surface area contributed by atoms with Crippen molar-refractivity contribution in [2.24, 2.45) is 0 Å². The maximum absolute atomic E-state index is 12.5. The number of rotatable bonds is 7. The number of nitrogens with zero attached hydrogens (tertiary/aromatic N) is 2. The van der Waals surface area contributed by atoms with Crippen molar-refractivity contribution >= 4 is 44.9 Å². The molecule has 0 bridgehead atoms. The lowest BCUT2D eigenvalue weighted by Gasteiger charge is -2.11. The second-order valence-corrected chi connectivity index (χ2v) is 7.38. The Morgan fingerprint density at radius 1 is 1.26 bits per heavy atom. The van der Waals surface area contributed by atoms with Crippen LogP contribution in [-0.2, 0) is 11.3 Å². The number of benzene rings is 1. The van der Waals surface area contributed by atoms with E-state index in [1.165, 1.54) is 23.1 Å². The minimum atomic E-state index is -0.211. The number of methoxy groups -OCH3 is 2. The second kappa shape index (κ2) is 8.45. The van der Waals surface area contributed by atoms with Gasteiger partial charge in [0.2, 0.25) is 5.91 Å². The molecule has 7 nitrogen and oxygen atoms in total. The number of amides is 1. The van der Waals surface area contributed by atoms with Crippen LogP contribution in [0, 0.1) is 0 Å². The van der Waals surface area contributed by atoms with E-state index in [4.69, 9.17) is 9.47 Å². The lowest BCUT2D eigenvalue weighted by atomic mass is 10.2. The predicted octanol–water partition coefficient (Wildman–Crippen LogP) is 3.23. The minimum Gasteiger partial charge on any atom is -0.497 e. The molecule has 142 valence electrons. The normalized spacial score (nSPS) is 10.8. The molecule has 1 amide bonds. The van der Waals surface area contributed by atoms with Crippen LogP contribution in [0.2, 0.25) is 0 Å². The number of nitrogens with one attached hydrogen (secondary N) is 1. The van der Waals surface area contributed by atoms with Gasteiger partial charge in [0, 0.05) is 30.4 Å². The number of hydrogen-bond acceptors (Lipinski definition) is 7. The molecule has 1 aromatic carbocycles. The summed E-state index contributed by atoms with van der Waals surface area (Å²) in [5.74, 6) is 1.09. The fourth-order valence-corrected chi connectivity index (χ4v) is 4.16. The van der Waals surface area contributed by atoms with E-state index in [0.717, 1.165) is 0 Å². The summed E-state index contributed by atoms with van der Waals surface area (Å²) in [5.41, 5.74) is 1.17. The van der Waals surface area contributed by atoms with E-state index in [-0.39, 0.29) is 17.2 Å². The number of anilines is 1. The summed E-state index contributed by atoms with van der Waals surface area (Å²) in [4.78, 5) is 29.4. The first kappa shape index (κ1) is 19.2. The molecule has 0 radical (unpaired) electrons. The molecule has 27 heavy (non-hydrogen) atoms. The summed E-state index contributed by atoms with van der Waals surface area (Å²) in [5, 5.41) is 5.19. The molecule has 3 rings (SSSR count). The van der Waals surface area contributed by atoms with Gasteiger partial charge in [-0.25, -0.2) is 4.98 Å². The third kappa shape index (κ3) is 4.25. The van der Waals surface area contributed by atoms with Gasteiger partial charge in [-0.2, -0.15) is 0 Å². The molecule has 0 spiro atoms. The fourth-order valence-electron chi connectivity index (χ4n) is 2.52.